The predicted octanol–water partition coefficient (Wildman–Crippen LogP) is 5.84. The zero-order valence-corrected chi connectivity index (χ0v) is 21.8. The third-order valence-corrected chi connectivity index (χ3v) is 8.00. The van der Waals surface area contributed by atoms with Crippen LogP contribution in [0.2, 0.25) is 0 Å². The monoisotopic (exact) mass is 512 g/mol. The molecular formula is C29H32N6O3. The van der Waals surface area contributed by atoms with E-state index in [0.717, 1.165) is 41.0 Å². The molecule has 2 aliphatic rings. The molecule has 3 heterocycles. The second-order valence-electron chi connectivity index (χ2n) is 11.5. The maximum absolute atomic E-state index is 12.0. The van der Waals surface area contributed by atoms with Crippen molar-refractivity contribution in [2.45, 2.75) is 45.7 Å². The van der Waals surface area contributed by atoms with Crippen molar-refractivity contribution >= 4 is 22.9 Å². The molecule has 1 saturated carbocycles. The molecule has 4 atom stereocenters. The second-order valence-corrected chi connectivity index (χ2v) is 11.5. The number of fused-ring (bicyclic) bond motifs is 2. The highest BCUT2D eigenvalue weighted by atomic mass is 16.5. The minimum Gasteiger partial charge on any atom is -0.465 e. The van der Waals surface area contributed by atoms with Crippen LogP contribution >= 0.6 is 0 Å². The Hall–Kier alpha value is -4.14. The second kappa shape index (κ2) is 9.01. The number of nitrogens with zero attached hydrogens (tertiary/aromatic N) is 5. The first-order valence-electron chi connectivity index (χ1n) is 13.0. The number of carbonyl (C=O) groups is 1. The number of para-hydroxylation sites is 1. The van der Waals surface area contributed by atoms with Crippen LogP contribution in [0.5, 0.6) is 11.5 Å². The Bertz CT molecular complexity index is 1480. The van der Waals surface area contributed by atoms with Gasteiger partial charge < -0.3 is 20.5 Å². The molecule has 196 valence electrons. The highest BCUT2D eigenvalue weighted by Gasteiger charge is 2.53. The summed E-state index contributed by atoms with van der Waals surface area (Å²) in [6.45, 7) is 6.95. The summed E-state index contributed by atoms with van der Waals surface area (Å²) in [6, 6.07) is 17.5. The summed E-state index contributed by atoms with van der Waals surface area (Å²) in [5.41, 5.74) is 8.56. The van der Waals surface area contributed by atoms with Gasteiger partial charge in [-0.25, -0.2) is 19.4 Å². The van der Waals surface area contributed by atoms with Gasteiger partial charge in [-0.2, -0.15) is 5.10 Å². The number of anilines is 1. The van der Waals surface area contributed by atoms with Crippen LogP contribution in [0, 0.1) is 17.3 Å². The van der Waals surface area contributed by atoms with Gasteiger partial charge in [0, 0.05) is 18.2 Å². The van der Waals surface area contributed by atoms with Crippen LogP contribution in [0.3, 0.4) is 0 Å². The number of aromatic nitrogens is 4. The lowest BCUT2D eigenvalue weighted by Crippen LogP contribution is -2.45. The first-order chi connectivity index (χ1) is 18.2. The van der Waals surface area contributed by atoms with E-state index in [0.29, 0.717) is 18.0 Å². The van der Waals surface area contributed by atoms with Gasteiger partial charge in [0.2, 0.25) is 0 Å². The Morgan fingerprint density at radius 1 is 1.03 bits per heavy atom. The van der Waals surface area contributed by atoms with Gasteiger partial charge in [-0.15, -0.1) is 0 Å². The van der Waals surface area contributed by atoms with Crippen LogP contribution in [-0.2, 0) is 0 Å². The van der Waals surface area contributed by atoms with Crippen LogP contribution in [-0.4, -0.2) is 48.4 Å². The van der Waals surface area contributed by atoms with Gasteiger partial charge in [-0.1, -0.05) is 39.0 Å². The smallest absolute Gasteiger partial charge is 0.407 e. The number of hydrogen-bond acceptors (Lipinski definition) is 6. The molecule has 1 saturated heterocycles. The molecule has 0 radical (unpaired) electrons. The number of amides is 1. The van der Waals surface area contributed by atoms with E-state index in [4.69, 9.17) is 15.6 Å². The summed E-state index contributed by atoms with van der Waals surface area (Å²) < 4.78 is 7.95. The van der Waals surface area contributed by atoms with E-state index in [-0.39, 0.29) is 29.3 Å². The van der Waals surface area contributed by atoms with Crippen LogP contribution in [0.1, 0.15) is 39.7 Å². The molecule has 1 aliphatic heterocycles. The summed E-state index contributed by atoms with van der Waals surface area (Å²) in [4.78, 5) is 22.5. The minimum atomic E-state index is -0.831. The van der Waals surface area contributed by atoms with Crippen molar-refractivity contribution in [3.63, 3.8) is 0 Å². The van der Waals surface area contributed by atoms with E-state index in [1.54, 1.807) is 4.90 Å². The molecule has 9 heteroatoms. The van der Waals surface area contributed by atoms with E-state index in [9.17, 15) is 9.90 Å². The van der Waals surface area contributed by atoms with Gasteiger partial charge in [0.15, 0.2) is 5.65 Å². The molecule has 1 amide bonds. The van der Waals surface area contributed by atoms with E-state index in [2.05, 4.69) is 30.7 Å². The Labute approximate surface area is 221 Å². The van der Waals surface area contributed by atoms with Crippen molar-refractivity contribution in [1.82, 2.24) is 24.6 Å². The van der Waals surface area contributed by atoms with E-state index >= 15 is 0 Å². The standard InChI is InChI=1S/C29H32N6O3/c1-29(2,3)25-22-14-19(13-18(22)15-34(25)28(36)37)35-27-23(26(30)31-16-32-27)24(33-35)17-9-11-21(12-10-17)38-20-7-5-4-6-8-20/h4-12,16,18-19,22,25H,13-15H2,1-3H3,(H,36,37)(H2,30,31,32). The van der Waals surface area contributed by atoms with Crippen molar-refractivity contribution in [1.29, 1.82) is 0 Å². The van der Waals surface area contributed by atoms with Crippen molar-refractivity contribution in [3.05, 3.63) is 60.9 Å². The number of nitrogen functional groups attached to an aromatic ring is 1. The molecule has 3 N–H and O–H groups in total. The Kier molecular flexibility index (Phi) is 5.74. The molecule has 2 aromatic carbocycles. The zero-order valence-electron chi connectivity index (χ0n) is 21.8. The number of benzene rings is 2. The summed E-state index contributed by atoms with van der Waals surface area (Å²) >= 11 is 0. The molecule has 38 heavy (non-hydrogen) atoms. The average Bonchev–Trinajstić information content (AvgIpc) is 3.56. The minimum absolute atomic E-state index is 0.0341. The summed E-state index contributed by atoms with van der Waals surface area (Å²) in [5, 5.41) is 15.6. The largest absolute Gasteiger partial charge is 0.465 e. The molecule has 0 spiro atoms. The SMILES string of the molecule is CC(C)(C)C1C2CC(n3nc(-c4ccc(Oc5ccccc5)cc4)c4c(N)ncnc43)CC2CN1C(=O)O. The molecule has 1 aliphatic carbocycles. The highest BCUT2D eigenvalue weighted by molar-refractivity contribution is 5.98. The number of rotatable bonds is 4. The topological polar surface area (TPSA) is 119 Å². The number of nitrogens with two attached hydrogens (primary N) is 1. The van der Waals surface area contributed by atoms with Crippen LogP contribution < -0.4 is 10.5 Å². The average molecular weight is 513 g/mol. The first kappa shape index (κ1) is 24.2. The van der Waals surface area contributed by atoms with Gasteiger partial charge in [-0.05, 0) is 66.5 Å². The highest BCUT2D eigenvalue weighted by Crippen LogP contribution is 2.52. The van der Waals surface area contributed by atoms with Crippen LogP contribution in [0.15, 0.2) is 60.9 Å². The maximum Gasteiger partial charge on any atom is 0.407 e. The van der Waals surface area contributed by atoms with Gasteiger partial charge in [0.1, 0.15) is 29.3 Å². The quantitative estimate of drug-likeness (QED) is 0.352. The molecule has 4 unspecified atom stereocenters. The Balaban J connectivity index is 1.33. The lowest BCUT2D eigenvalue weighted by molar-refractivity contribution is 0.0878. The van der Waals surface area contributed by atoms with Crippen molar-refractivity contribution < 1.29 is 14.6 Å². The van der Waals surface area contributed by atoms with Crippen molar-refractivity contribution in [2.24, 2.45) is 17.3 Å². The fraction of sp³-hybridized carbons (Fsp3) is 0.379. The fourth-order valence-corrected chi connectivity index (χ4v) is 6.59. The van der Waals surface area contributed by atoms with Crippen molar-refractivity contribution in [3.8, 4) is 22.8 Å². The molecule has 6 rings (SSSR count). The lowest BCUT2D eigenvalue weighted by atomic mass is 9.77. The molecule has 9 nitrogen and oxygen atoms in total. The van der Waals surface area contributed by atoms with Gasteiger partial charge in [-0.3, -0.25) is 0 Å². The Morgan fingerprint density at radius 3 is 2.42 bits per heavy atom. The summed E-state index contributed by atoms with van der Waals surface area (Å²) in [6.07, 6.45) is 2.35. The zero-order chi connectivity index (χ0) is 26.6. The lowest BCUT2D eigenvalue weighted by Gasteiger charge is -2.37. The predicted molar refractivity (Wildman–Crippen MR) is 145 cm³/mol. The van der Waals surface area contributed by atoms with Gasteiger partial charge in [0.05, 0.1) is 11.4 Å². The van der Waals surface area contributed by atoms with Gasteiger partial charge >= 0.3 is 6.09 Å². The van der Waals surface area contributed by atoms with Gasteiger partial charge in [0.25, 0.3) is 0 Å². The van der Waals surface area contributed by atoms with E-state index in [1.807, 2.05) is 59.3 Å². The van der Waals surface area contributed by atoms with E-state index < -0.39 is 6.09 Å². The van der Waals surface area contributed by atoms with Crippen molar-refractivity contribution in [2.75, 3.05) is 12.3 Å². The summed E-state index contributed by atoms with van der Waals surface area (Å²) in [5.74, 6) is 2.45. The van der Waals surface area contributed by atoms with Crippen LogP contribution in [0.4, 0.5) is 10.6 Å². The molecule has 0 bridgehead atoms. The molecule has 2 fully saturated rings. The third-order valence-electron chi connectivity index (χ3n) is 8.00. The fourth-order valence-electron chi connectivity index (χ4n) is 6.59. The number of ether oxygens (including phenoxy) is 1. The van der Waals surface area contributed by atoms with E-state index in [1.165, 1.54) is 6.33 Å². The van der Waals surface area contributed by atoms with Crippen LogP contribution in [0.25, 0.3) is 22.3 Å². The number of hydrogen-bond donors (Lipinski definition) is 2. The normalized spacial score (nSPS) is 23.1. The summed E-state index contributed by atoms with van der Waals surface area (Å²) in [7, 11) is 0. The molecule has 4 aromatic rings. The number of carboxylic acid groups (broad SMARTS) is 1. The Morgan fingerprint density at radius 2 is 1.74 bits per heavy atom. The molecule has 2 aromatic heterocycles. The third kappa shape index (κ3) is 4.12. The molecular weight excluding hydrogens is 480 g/mol. The maximum atomic E-state index is 12.0. The number of likely N-dealkylation sites (tertiary alicyclic amines) is 1. The first-order valence-corrected chi connectivity index (χ1v) is 13.0.